The maximum Gasteiger partial charge on any atom is 0.165 e. The maximum absolute atomic E-state index is 6.59. The van der Waals surface area contributed by atoms with Gasteiger partial charge < -0.3 is 4.42 Å². The molecular formula is C49H29N3O. The van der Waals surface area contributed by atoms with E-state index >= 15 is 0 Å². The van der Waals surface area contributed by atoms with Gasteiger partial charge in [-0.1, -0.05) is 158 Å². The molecule has 0 atom stereocenters. The summed E-state index contributed by atoms with van der Waals surface area (Å²) in [6.07, 6.45) is 0. The van der Waals surface area contributed by atoms with Gasteiger partial charge in [-0.05, 0) is 61.6 Å². The average molecular weight is 676 g/mol. The van der Waals surface area contributed by atoms with Crippen LogP contribution in [0.2, 0.25) is 0 Å². The predicted octanol–water partition coefficient (Wildman–Crippen LogP) is 13.1. The Morgan fingerprint density at radius 3 is 1.66 bits per heavy atom. The van der Waals surface area contributed by atoms with E-state index in [9.17, 15) is 0 Å². The monoisotopic (exact) mass is 675 g/mol. The zero-order chi connectivity index (χ0) is 34.9. The van der Waals surface area contributed by atoms with Gasteiger partial charge in [0.05, 0.1) is 0 Å². The lowest BCUT2D eigenvalue weighted by atomic mass is 9.90. The number of hydrogen-bond donors (Lipinski definition) is 0. The van der Waals surface area contributed by atoms with Crippen molar-refractivity contribution in [3.8, 4) is 45.3 Å². The minimum Gasteiger partial charge on any atom is -0.455 e. The first-order valence-electron chi connectivity index (χ1n) is 17.9. The number of hydrogen-bond acceptors (Lipinski definition) is 4. The molecule has 2 heterocycles. The van der Waals surface area contributed by atoms with E-state index in [0.717, 1.165) is 76.7 Å². The Balaban J connectivity index is 1.17. The molecule has 11 aromatic rings. The Morgan fingerprint density at radius 2 is 0.906 bits per heavy atom. The summed E-state index contributed by atoms with van der Waals surface area (Å²) >= 11 is 0. The Morgan fingerprint density at radius 1 is 0.340 bits per heavy atom. The van der Waals surface area contributed by atoms with E-state index in [1.54, 1.807) is 0 Å². The number of nitrogens with zero attached hydrogens (tertiary/aromatic N) is 3. The normalized spacial score (nSPS) is 11.8. The van der Waals surface area contributed by atoms with Crippen molar-refractivity contribution in [3.05, 3.63) is 176 Å². The summed E-state index contributed by atoms with van der Waals surface area (Å²) in [7, 11) is 0. The van der Waals surface area contributed by atoms with Gasteiger partial charge in [0, 0.05) is 38.2 Å². The highest BCUT2D eigenvalue weighted by Gasteiger charge is 2.20. The van der Waals surface area contributed by atoms with Crippen molar-refractivity contribution < 1.29 is 4.42 Å². The standard InChI is InChI=1S/C49H29N3O/c1-3-12-33(13-4-1)47-50-48(34-14-5-2-6-15-34)52-49(51-47)45-37-16-8-7-11-30(37)23-26-39(45)36-25-27-38-35(29-36)22-21-31-19-20-32-24-28-41-40-17-9-10-18-42(40)53-46(41)44(32)43(31)38/h1-29H. The van der Waals surface area contributed by atoms with Crippen LogP contribution >= 0.6 is 0 Å². The van der Waals surface area contributed by atoms with Crippen LogP contribution in [0.1, 0.15) is 0 Å². The summed E-state index contributed by atoms with van der Waals surface area (Å²) in [5.74, 6) is 1.92. The fourth-order valence-electron chi connectivity index (χ4n) is 7.99. The molecule has 0 N–H and O–H groups in total. The second kappa shape index (κ2) is 11.7. The summed E-state index contributed by atoms with van der Waals surface area (Å²) in [6.45, 7) is 0. The van der Waals surface area contributed by atoms with E-state index in [2.05, 4.69) is 109 Å². The van der Waals surface area contributed by atoms with E-state index in [4.69, 9.17) is 19.4 Å². The Bertz CT molecular complexity index is 3160. The molecule has 0 fully saturated rings. The first kappa shape index (κ1) is 29.5. The van der Waals surface area contributed by atoms with Crippen molar-refractivity contribution in [2.45, 2.75) is 0 Å². The molecular weight excluding hydrogens is 647 g/mol. The fraction of sp³-hybridized carbons (Fsp3) is 0. The van der Waals surface area contributed by atoms with Gasteiger partial charge in [0.25, 0.3) is 0 Å². The fourth-order valence-corrected chi connectivity index (χ4v) is 7.99. The van der Waals surface area contributed by atoms with E-state index in [0.29, 0.717) is 17.5 Å². The zero-order valence-electron chi connectivity index (χ0n) is 28.5. The van der Waals surface area contributed by atoms with E-state index in [-0.39, 0.29) is 0 Å². The van der Waals surface area contributed by atoms with Crippen molar-refractivity contribution in [1.29, 1.82) is 0 Å². The molecule has 0 amide bonds. The lowest BCUT2D eigenvalue weighted by Crippen LogP contribution is -2.01. The van der Waals surface area contributed by atoms with E-state index in [1.807, 2.05) is 66.7 Å². The van der Waals surface area contributed by atoms with Crippen molar-refractivity contribution in [2.24, 2.45) is 0 Å². The van der Waals surface area contributed by atoms with Crippen molar-refractivity contribution in [1.82, 2.24) is 15.0 Å². The lowest BCUT2D eigenvalue weighted by Gasteiger charge is -2.16. The van der Waals surface area contributed by atoms with Gasteiger partial charge in [0.2, 0.25) is 0 Å². The Kier molecular flexibility index (Phi) is 6.52. The molecule has 0 aliphatic heterocycles. The molecule has 4 nitrogen and oxygen atoms in total. The minimum absolute atomic E-state index is 0.640. The van der Waals surface area contributed by atoms with Gasteiger partial charge in [-0.2, -0.15) is 0 Å². The first-order valence-corrected chi connectivity index (χ1v) is 17.9. The number of benzene rings is 9. The summed E-state index contributed by atoms with van der Waals surface area (Å²) < 4.78 is 6.59. The summed E-state index contributed by atoms with van der Waals surface area (Å²) in [4.78, 5) is 15.4. The topological polar surface area (TPSA) is 51.8 Å². The second-order valence-electron chi connectivity index (χ2n) is 13.6. The third-order valence-corrected chi connectivity index (χ3v) is 10.5. The van der Waals surface area contributed by atoms with Gasteiger partial charge in [0.1, 0.15) is 11.2 Å². The van der Waals surface area contributed by atoms with Crippen LogP contribution in [0, 0.1) is 0 Å². The molecule has 0 aliphatic rings. The third-order valence-electron chi connectivity index (χ3n) is 10.5. The molecule has 0 saturated heterocycles. The molecule has 53 heavy (non-hydrogen) atoms. The highest BCUT2D eigenvalue weighted by molar-refractivity contribution is 6.29. The van der Waals surface area contributed by atoms with Crippen LogP contribution in [0.4, 0.5) is 0 Å². The Labute approximate surface area is 304 Å². The minimum atomic E-state index is 0.640. The summed E-state index contributed by atoms with van der Waals surface area (Å²) in [6, 6.07) is 61.6. The smallest absolute Gasteiger partial charge is 0.165 e. The van der Waals surface area contributed by atoms with Gasteiger partial charge in [-0.25, -0.2) is 15.0 Å². The predicted molar refractivity (Wildman–Crippen MR) is 219 cm³/mol. The SMILES string of the molecule is c1ccc(-c2nc(-c3ccccc3)nc(-c3c(-c4ccc5c(ccc6ccc7ccc8c9ccccc9oc8c7c65)c4)ccc4ccccc34)n2)cc1. The molecule has 0 aliphatic carbocycles. The van der Waals surface area contributed by atoms with Crippen LogP contribution in [0.3, 0.4) is 0 Å². The van der Waals surface area contributed by atoms with Crippen LogP contribution in [-0.4, -0.2) is 15.0 Å². The molecule has 2 aromatic heterocycles. The van der Waals surface area contributed by atoms with Crippen molar-refractivity contribution in [3.63, 3.8) is 0 Å². The number of rotatable bonds is 4. The van der Waals surface area contributed by atoms with Crippen molar-refractivity contribution >= 4 is 65.0 Å². The molecule has 246 valence electrons. The molecule has 0 bridgehead atoms. The van der Waals surface area contributed by atoms with E-state index < -0.39 is 0 Å². The van der Waals surface area contributed by atoms with E-state index in [1.165, 1.54) is 16.2 Å². The quantitative estimate of drug-likeness (QED) is 0.174. The highest BCUT2D eigenvalue weighted by Crippen LogP contribution is 2.43. The second-order valence-corrected chi connectivity index (χ2v) is 13.6. The van der Waals surface area contributed by atoms with Gasteiger partial charge in [-0.15, -0.1) is 0 Å². The molecule has 0 unspecified atom stereocenters. The van der Waals surface area contributed by atoms with Crippen LogP contribution in [0.15, 0.2) is 180 Å². The van der Waals surface area contributed by atoms with Crippen LogP contribution in [-0.2, 0) is 0 Å². The van der Waals surface area contributed by atoms with Crippen LogP contribution in [0.25, 0.3) is 110 Å². The molecule has 4 heteroatoms. The molecule has 0 spiro atoms. The zero-order valence-corrected chi connectivity index (χ0v) is 28.5. The number of aromatic nitrogens is 3. The summed E-state index contributed by atoms with van der Waals surface area (Å²) in [5.41, 5.74) is 6.86. The first-order chi connectivity index (χ1) is 26.3. The average Bonchev–Trinajstić information content (AvgIpc) is 3.62. The number of fused-ring (bicyclic) bond motifs is 10. The highest BCUT2D eigenvalue weighted by atomic mass is 16.3. The summed E-state index contributed by atoms with van der Waals surface area (Å²) in [5, 5.41) is 11.5. The largest absolute Gasteiger partial charge is 0.455 e. The molecule has 11 rings (SSSR count). The van der Waals surface area contributed by atoms with Crippen LogP contribution in [0.5, 0.6) is 0 Å². The number of para-hydroxylation sites is 1. The lowest BCUT2D eigenvalue weighted by molar-refractivity contribution is 0.673. The molecule has 0 radical (unpaired) electrons. The number of furan rings is 1. The van der Waals surface area contributed by atoms with Gasteiger partial charge in [0.15, 0.2) is 17.5 Å². The molecule has 0 saturated carbocycles. The van der Waals surface area contributed by atoms with Crippen LogP contribution < -0.4 is 0 Å². The Hall–Kier alpha value is -7.17. The third kappa shape index (κ3) is 4.73. The van der Waals surface area contributed by atoms with Crippen molar-refractivity contribution in [2.75, 3.05) is 0 Å². The van der Waals surface area contributed by atoms with Gasteiger partial charge >= 0.3 is 0 Å². The van der Waals surface area contributed by atoms with Gasteiger partial charge in [-0.3, -0.25) is 0 Å². The maximum atomic E-state index is 6.59. The molecule has 9 aromatic carbocycles.